The van der Waals surface area contributed by atoms with Crippen molar-refractivity contribution in [1.82, 2.24) is 9.97 Å². The predicted octanol–water partition coefficient (Wildman–Crippen LogP) is 4.27. The highest BCUT2D eigenvalue weighted by Gasteiger charge is 2.21. The molecule has 4 rings (SSSR count). The molecule has 1 aliphatic rings. The Morgan fingerprint density at radius 3 is 3.00 bits per heavy atom. The lowest BCUT2D eigenvalue weighted by atomic mass is 9.97. The van der Waals surface area contributed by atoms with Gasteiger partial charge in [0, 0.05) is 16.8 Å². The molecule has 3 aromatic rings. The second-order valence-electron chi connectivity index (χ2n) is 5.52. The van der Waals surface area contributed by atoms with Crippen LogP contribution in [0.2, 0.25) is 0 Å². The summed E-state index contributed by atoms with van der Waals surface area (Å²) in [5, 5.41) is 3.43. The molecule has 0 N–H and O–H groups in total. The van der Waals surface area contributed by atoms with E-state index in [1.54, 1.807) is 17.7 Å². The maximum atomic E-state index is 4.59. The molecule has 0 spiro atoms. The first kappa shape index (κ1) is 13.2. The van der Waals surface area contributed by atoms with Crippen LogP contribution in [-0.4, -0.2) is 17.0 Å². The summed E-state index contributed by atoms with van der Waals surface area (Å²) >= 11 is 3.66. The standard InChI is InChI=1S/C16H17N3S2/c1-19(9-11-5-4-8-20-11)15-14-12-6-2-3-7-13(12)21-16(14)18-10-17-15/h4-5,8,10H,2-3,6-7,9H2,1H3. The van der Waals surface area contributed by atoms with Crippen LogP contribution in [0.4, 0.5) is 5.82 Å². The van der Waals surface area contributed by atoms with Crippen LogP contribution in [0.25, 0.3) is 10.2 Å². The maximum Gasteiger partial charge on any atom is 0.141 e. The molecular formula is C16H17N3S2. The molecule has 108 valence electrons. The summed E-state index contributed by atoms with van der Waals surface area (Å²) in [7, 11) is 2.13. The van der Waals surface area contributed by atoms with Gasteiger partial charge in [-0.05, 0) is 42.7 Å². The summed E-state index contributed by atoms with van der Waals surface area (Å²) in [5.74, 6) is 1.09. The first-order chi connectivity index (χ1) is 10.3. The Morgan fingerprint density at radius 2 is 2.14 bits per heavy atom. The summed E-state index contributed by atoms with van der Waals surface area (Å²) in [6.45, 7) is 0.911. The molecule has 0 unspecified atom stereocenters. The number of aromatic nitrogens is 2. The van der Waals surface area contributed by atoms with Crippen molar-refractivity contribution in [3.8, 4) is 0 Å². The fourth-order valence-corrected chi connectivity index (χ4v) is 5.05. The number of fused-ring (bicyclic) bond motifs is 3. The SMILES string of the molecule is CN(Cc1cccs1)c1ncnc2sc3c(c12)CCCC3. The molecule has 21 heavy (non-hydrogen) atoms. The van der Waals surface area contributed by atoms with Crippen LogP contribution < -0.4 is 4.90 Å². The molecule has 1 aliphatic carbocycles. The van der Waals surface area contributed by atoms with Crippen LogP contribution in [0.5, 0.6) is 0 Å². The van der Waals surface area contributed by atoms with Crippen LogP contribution in [-0.2, 0) is 19.4 Å². The van der Waals surface area contributed by atoms with Gasteiger partial charge in [-0.25, -0.2) is 9.97 Å². The van der Waals surface area contributed by atoms with Gasteiger partial charge in [-0.2, -0.15) is 0 Å². The monoisotopic (exact) mass is 315 g/mol. The lowest BCUT2D eigenvalue weighted by Gasteiger charge is -2.19. The summed E-state index contributed by atoms with van der Waals surface area (Å²) in [6, 6.07) is 4.29. The first-order valence-electron chi connectivity index (χ1n) is 7.31. The molecule has 0 saturated heterocycles. The third-order valence-corrected chi connectivity index (χ3v) is 6.13. The van der Waals surface area contributed by atoms with Gasteiger partial charge in [0.25, 0.3) is 0 Å². The van der Waals surface area contributed by atoms with Gasteiger partial charge in [-0.3, -0.25) is 0 Å². The van der Waals surface area contributed by atoms with Crippen LogP contribution in [0.15, 0.2) is 23.8 Å². The Hall–Kier alpha value is -1.46. The number of rotatable bonds is 3. The van der Waals surface area contributed by atoms with E-state index in [0.717, 1.165) is 17.2 Å². The number of anilines is 1. The smallest absolute Gasteiger partial charge is 0.141 e. The normalized spacial score (nSPS) is 14.3. The molecule has 0 aromatic carbocycles. The summed E-state index contributed by atoms with van der Waals surface area (Å²) in [5.41, 5.74) is 1.51. The zero-order valence-electron chi connectivity index (χ0n) is 12.0. The van der Waals surface area contributed by atoms with Crippen LogP contribution in [0, 0.1) is 0 Å². The molecule has 5 heteroatoms. The number of hydrogen-bond acceptors (Lipinski definition) is 5. The number of hydrogen-bond donors (Lipinski definition) is 0. The van der Waals surface area contributed by atoms with Crippen molar-refractivity contribution < 1.29 is 0 Å². The zero-order valence-corrected chi connectivity index (χ0v) is 13.6. The third kappa shape index (κ3) is 2.34. The van der Waals surface area contributed by atoms with Gasteiger partial charge in [0.1, 0.15) is 17.0 Å². The van der Waals surface area contributed by atoms with E-state index < -0.39 is 0 Å². The molecule has 3 heterocycles. The average molecular weight is 315 g/mol. The van der Waals surface area contributed by atoms with Crippen molar-refractivity contribution >= 4 is 38.7 Å². The average Bonchev–Trinajstić information content (AvgIpc) is 3.13. The van der Waals surface area contributed by atoms with E-state index in [0.29, 0.717) is 0 Å². The van der Waals surface area contributed by atoms with Crippen LogP contribution in [0.3, 0.4) is 0 Å². The molecule has 3 nitrogen and oxygen atoms in total. The van der Waals surface area contributed by atoms with Crippen molar-refractivity contribution in [1.29, 1.82) is 0 Å². The molecule has 0 fully saturated rings. The fraction of sp³-hybridized carbons (Fsp3) is 0.375. The van der Waals surface area contributed by atoms with Gasteiger partial charge in [-0.15, -0.1) is 22.7 Å². The maximum absolute atomic E-state index is 4.59. The molecule has 3 aromatic heterocycles. The zero-order chi connectivity index (χ0) is 14.2. The molecule has 0 aliphatic heterocycles. The molecule has 0 atom stereocenters. The number of thiophene rings is 2. The van der Waals surface area contributed by atoms with E-state index in [1.807, 2.05) is 11.3 Å². The largest absolute Gasteiger partial charge is 0.354 e. The van der Waals surface area contributed by atoms with Crippen LogP contribution in [0.1, 0.15) is 28.2 Å². The Bertz CT molecular complexity index is 761. The minimum absolute atomic E-state index is 0.911. The van der Waals surface area contributed by atoms with Crippen molar-refractivity contribution in [2.45, 2.75) is 32.2 Å². The van der Waals surface area contributed by atoms with E-state index in [2.05, 4.69) is 39.4 Å². The Labute approximate surface area is 132 Å². The van der Waals surface area contributed by atoms with Gasteiger partial charge in [0.15, 0.2) is 0 Å². The Kier molecular flexibility index (Phi) is 3.39. The van der Waals surface area contributed by atoms with Gasteiger partial charge < -0.3 is 4.90 Å². The Balaban J connectivity index is 1.79. The second kappa shape index (κ2) is 5.39. The van der Waals surface area contributed by atoms with Crippen molar-refractivity contribution in [2.75, 3.05) is 11.9 Å². The lowest BCUT2D eigenvalue weighted by molar-refractivity contribution is 0.700. The third-order valence-electron chi connectivity index (χ3n) is 4.07. The molecule has 0 saturated carbocycles. The second-order valence-corrected chi connectivity index (χ2v) is 7.64. The molecule has 0 radical (unpaired) electrons. The van der Waals surface area contributed by atoms with Crippen LogP contribution >= 0.6 is 22.7 Å². The van der Waals surface area contributed by atoms with E-state index in [9.17, 15) is 0 Å². The van der Waals surface area contributed by atoms with Crippen molar-refractivity contribution in [3.05, 3.63) is 39.2 Å². The van der Waals surface area contributed by atoms with Gasteiger partial charge in [0.05, 0.1) is 11.9 Å². The summed E-state index contributed by atoms with van der Waals surface area (Å²) < 4.78 is 0. The van der Waals surface area contributed by atoms with E-state index >= 15 is 0 Å². The minimum Gasteiger partial charge on any atom is -0.354 e. The van der Waals surface area contributed by atoms with E-state index in [4.69, 9.17) is 0 Å². The summed E-state index contributed by atoms with van der Waals surface area (Å²) in [6.07, 6.45) is 6.72. The highest BCUT2D eigenvalue weighted by Crippen LogP contribution is 2.39. The highest BCUT2D eigenvalue weighted by molar-refractivity contribution is 7.19. The minimum atomic E-state index is 0.911. The number of aryl methyl sites for hydroxylation is 2. The molecule has 0 bridgehead atoms. The summed E-state index contributed by atoms with van der Waals surface area (Å²) in [4.78, 5) is 15.4. The van der Waals surface area contributed by atoms with Crippen molar-refractivity contribution in [3.63, 3.8) is 0 Å². The van der Waals surface area contributed by atoms with Crippen molar-refractivity contribution in [2.24, 2.45) is 0 Å². The van der Waals surface area contributed by atoms with Gasteiger partial charge >= 0.3 is 0 Å². The van der Waals surface area contributed by atoms with E-state index in [-0.39, 0.29) is 0 Å². The quantitative estimate of drug-likeness (QED) is 0.723. The predicted molar refractivity (Wildman–Crippen MR) is 90.5 cm³/mol. The Morgan fingerprint density at radius 1 is 1.24 bits per heavy atom. The van der Waals surface area contributed by atoms with E-state index in [1.165, 1.54) is 46.4 Å². The lowest BCUT2D eigenvalue weighted by Crippen LogP contribution is -2.17. The highest BCUT2D eigenvalue weighted by atomic mass is 32.1. The van der Waals surface area contributed by atoms with Gasteiger partial charge in [-0.1, -0.05) is 6.07 Å². The fourth-order valence-electron chi connectivity index (χ4n) is 3.07. The number of nitrogens with zero attached hydrogens (tertiary/aromatic N) is 3. The molecule has 0 amide bonds. The topological polar surface area (TPSA) is 29.0 Å². The molecular weight excluding hydrogens is 298 g/mol. The first-order valence-corrected chi connectivity index (χ1v) is 9.01. The van der Waals surface area contributed by atoms with Gasteiger partial charge in [0.2, 0.25) is 0 Å².